The summed E-state index contributed by atoms with van der Waals surface area (Å²) in [4.78, 5) is 17.7. The summed E-state index contributed by atoms with van der Waals surface area (Å²) >= 11 is 1.87. The molecule has 0 N–H and O–H groups in total. The lowest BCUT2D eigenvalue weighted by atomic mass is 9.84. The Morgan fingerprint density at radius 2 is 1.58 bits per heavy atom. The van der Waals surface area contributed by atoms with Crippen LogP contribution >= 0.6 is 11.8 Å². The monoisotopic (exact) mass is 524 g/mol. The molecule has 1 fully saturated rings. The predicted octanol–water partition coefficient (Wildman–Crippen LogP) is 7.73. The Labute approximate surface area is 228 Å². The van der Waals surface area contributed by atoms with E-state index in [9.17, 15) is 4.79 Å². The van der Waals surface area contributed by atoms with E-state index in [0.717, 1.165) is 12.0 Å². The highest BCUT2D eigenvalue weighted by atomic mass is 32.2. The van der Waals surface area contributed by atoms with Crippen molar-refractivity contribution >= 4 is 17.9 Å². The molecule has 0 aliphatic carbocycles. The largest absolute Gasteiger partial charge is 0.445 e. The van der Waals surface area contributed by atoms with Crippen LogP contribution in [0.3, 0.4) is 0 Å². The zero-order chi connectivity index (χ0) is 26.8. The van der Waals surface area contributed by atoms with E-state index in [4.69, 9.17) is 10.3 Å². The van der Waals surface area contributed by atoms with E-state index in [1.165, 1.54) is 16.7 Å². The summed E-state index contributed by atoms with van der Waals surface area (Å²) in [5.41, 5.74) is 13.2. The van der Waals surface area contributed by atoms with Gasteiger partial charge in [0.05, 0.1) is 10.8 Å². The number of nitrogens with zero attached hydrogens (tertiary/aromatic N) is 4. The van der Waals surface area contributed by atoms with Crippen molar-refractivity contribution in [3.05, 3.63) is 142 Å². The number of ether oxygens (including phenoxy) is 1. The van der Waals surface area contributed by atoms with Crippen LogP contribution in [0.4, 0.5) is 4.79 Å². The number of likely N-dealkylation sites (tertiary alicyclic amines) is 1. The lowest BCUT2D eigenvalue weighted by molar-refractivity contribution is 0.114. The summed E-state index contributed by atoms with van der Waals surface area (Å²) < 4.78 is 4.97. The minimum atomic E-state index is -0.482. The molecule has 0 bridgehead atoms. The third-order valence-electron chi connectivity index (χ3n) is 6.61. The van der Waals surface area contributed by atoms with Gasteiger partial charge in [-0.2, -0.15) is 0 Å². The highest BCUT2D eigenvalue weighted by Gasteiger charge is 2.44. The fraction of sp³-hybridized carbons (Fsp3) is 0.258. The normalized spacial score (nSPS) is 17.5. The molecule has 3 aromatic rings. The molecular weight excluding hydrogens is 492 g/mol. The van der Waals surface area contributed by atoms with Crippen LogP contribution in [0.25, 0.3) is 10.4 Å². The standard InChI is InChI=1S/C31H32N4O2S/c1-3-19-37-30(36)35-23-29(21-28(35)20-24(2)22-33-34-32)38-31(25-13-7-4-8-14-25,26-15-9-5-10-16-26)27-17-11-6-12-18-27/h3-18,20,28-29H,1,19,21-23H2,2H3/b24-20-/t28-,29+/m1/s1. The Bertz CT molecular complexity index is 1190. The van der Waals surface area contributed by atoms with Gasteiger partial charge in [-0.3, -0.25) is 0 Å². The maximum atomic E-state index is 13.1. The van der Waals surface area contributed by atoms with E-state index in [2.05, 4.69) is 89.4 Å². The summed E-state index contributed by atoms with van der Waals surface area (Å²) in [6.45, 7) is 6.54. The third kappa shape index (κ3) is 6.13. The van der Waals surface area contributed by atoms with Crippen molar-refractivity contribution in [2.75, 3.05) is 19.7 Å². The van der Waals surface area contributed by atoms with Crippen LogP contribution < -0.4 is 0 Å². The van der Waals surface area contributed by atoms with E-state index in [1.807, 2.05) is 43.0 Å². The quantitative estimate of drug-likeness (QED) is 0.0895. The fourth-order valence-electron chi connectivity index (χ4n) is 4.99. The molecule has 194 valence electrons. The van der Waals surface area contributed by atoms with Crippen LogP contribution in [-0.4, -0.2) is 42.0 Å². The summed E-state index contributed by atoms with van der Waals surface area (Å²) in [5, 5.41) is 3.80. The number of hydrogen-bond acceptors (Lipinski definition) is 4. The number of hydrogen-bond donors (Lipinski definition) is 0. The number of carbonyl (C=O) groups is 1. The van der Waals surface area contributed by atoms with Gasteiger partial charge in [-0.1, -0.05) is 120 Å². The first-order valence-corrected chi connectivity index (χ1v) is 13.5. The maximum Gasteiger partial charge on any atom is 0.410 e. The second-order valence-electron chi connectivity index (χ2n) is 9.24. The Morgan fingerprint density at radius 3 is 2.05 bits per heavy atom. The van der Waals surface area contributed by atoms with E-state index in [-0.39, 0.29) is 30.5 Å². The first-order valence-electron chi connectivity index (χ1n) is 12.6. The summed E-state index contributed by atoms with van der Waals surface area (Å²) in [7, 11) is 0. The second-order valence-corrected chi connectivity index (χ2v) is 10.8. The summed E-state index contributed by atoms with van der Waals surface area (Å²) in [6, 6.07) is 31.5. The number of thioether (sulfide) groups is 1. The van der Waals surface area contributed by atoms with E-state index >= 15 is 0 Å². The van der Waals surface area contributed by atoms with Crippen molar-refractivity contribution < 1.29 is 9.53 Å². The SMILES string of the molecule is C=CCOC(=O)N1C[C@@H](SC(c2ccccc2)(c2ccccc2)c2ccccc2)C[C@H]1/C=C(/C)CN=[N+]=[N-]. The highest BCUT2D eigenvalue weighted by molar-refractivity contribution is 8.01. The molecule has 4 rings (SSSR count). The van der Waals surface area contributed by atoms with Gasteiger partial charge in [0.2, 0.25) is 0 Å². The lowest BCUT2D eigenvalue weighted by Crippen LogP contribution is -2.36. The zero-order valence-corrected chi connectivity index (χ0v) is 22.3. The molecule has 6 nitrogen and oxygen atoms in total. The maximum absolute atomic E-state index is 13.1. The molecule has 1 aliphatic heterocycles. The van der Waals surface area contributed by atoms with Crippen LogP contribution in [0, 0.1) is 0 Å². The van der Waals surface area contributed by atoms with Crippen molar-refractivity contribution in [2.24, 2.45) is 5.11 Å². The van der Waals surface area contributed by atoms with Crippen LogP contribution in [-0.2, 0) is 9.48 Å². The summed E-state index contributed by atoms with van der Waals surface area (Å²) in [5.74, 6) is 0. The Balaban J connectivity index is 1.77. The van der Waals surface area contributed by atoms with Gasteiger partial charge < -0.3 is 9.64 Å². The Hall–Kier alpha value is -3.93. The first-order chi connectivity index (χ1) is 18.6. The van der Waals surface area contributed by atoms with Gasteiger partial charge in [-0.25, -0.2) is 4.79 Å². The molecular formula is C31H32N4O2S. The zero-order valence-electron chi connectivity index (χ0n) is 21.5. The number of rotatable bonds is 10. The molecule has 2 atom stereocenters. The Kier molecular flexibility index (Phi) is 9.30. The number of azide groups is 1. The van der Waals surface area contributed by atoms with Gasteiger partial charge in [0.1, 0.15) is 6.61 Å². The van der Waals surface area contributed by atoms with E-state index in [1.54, 1.807) is 11.0 Å². The molecule has 1 aliphatic rings. The lowest BCUT2D eigenvalue weighted by Gasteiger charge is -2.37. The third-order valence-corrected chi connectivity index (χ3v) is 8.34. The van der Waals surface area contributed by atoms with Crippen LogP contribution in [0.1, 0.15) is 30.0 Å². The molecule has 1 saturated heterocycles. The number of benzene rings is 3. The molecule has 3 aromatic carbocycles. The predicted molar refractivity (Wildman–Crippen MR) is 155 cm³/mol. The van der Waals surface area contributed by atoms with Crippen molar-refractivity contribution in [3.63, 3.8) is 0 Å². The Morgan fingerprint density at radius 1 is 1.05 bits per heavy atom. The van der Waals surface area contributed by atoms with Gasteiger partial charge in [0.15, 0.2) is 0 Å². The van der Waals surface area contributed by atoms with Crippen molar-refractivity contribution in [1.29, 1.82) is 0 Å². The van der Waals surface area contributed by atoms with Crippen molar-refractivity contribution in [2.45, 2.75) is 29.4 Å². The summed E-state index contributed by atoms with van der Waals surface area (Å²) in [6.07, 6.45) is 3.98. The van der Waals surface area contributed by atoms with Gasteiger partial charge in [-0.05, 0) is 35.6 Å². The molecule has 0 spiro atoms. The molecule has 0 unspecified atom stereocenters. The van der Waals surface area contributed by atoms with Gasteiger partial charge in [0.25, 0.3) is 0 Å². The smallest absolute Gasteiger partial charge is 0.410 e. The molecule has 0 saturated carbocycles. The molecule has 38 heavy (non-hydrogen) atoms. The van der Waals surface area contributed by atoms with E-state index in [0.29, 0.717) is 6.54 Å². The molecule has 0 radical (unpaired) electrons. The number of carbonyl (C=O) groups excluding carboxylic acids is 1. The number of amides is 1. The van der Waals surface area contributed by atoms with Crippen LogP contribution in [0.5, 0.6) is 0 Å². The average molecular weight is 525 g/mol. The van der Waals surface area contributed by atoms with Crippen molar-refractivity contribution in [3.8, 4) is 0 Å². The van der Waals surface area contributed by atoms with Crippen molar-refractivity contribution in [1.82, 2.24) is 4.90 Å². The molecule has 0 aromatic heterocycles. The first kappa shape index (κ1) is 27.1. The van der Waals surface area contributed by atoms with E-state index < -0.39 is 4.75 Å². The topological polar surface area (TPSA) is 78.3 Å². The molecule has 1 amide bonds. The molecule has 1 heterocycles. The minimum Gasteiger partial charge on any atom is -0.445 e. The fourth-order valence-corrected chi connectivity index (χ4v) is 6.83. The van der Waals surface area contributed by atoms with Crippen LogP contribution in [0.15, 0.2) is 120 Å². The second kappa shape index (κ2) is 13.0. The average Bonchev–Trinajstić information content (AvgIpc) is 3.36. The molecule has 7 heteroatoms. The highest BCUT2D eigenvalue weighted by Crippen LogP contribution is 2.52. The van der Waals surface area contributed by atoms with Gasteiger partial charge in [-0.15, -0.1) is 11.8 Å². The minimum absolute atomic E-state index is 0.111. The van der Waals surface area contributed by atoms with Gasteiger partial charge in [0, 0.05) is 23.3 Å². The van der Waals surface area contributed by atoms with Gasteiger partial charge >= 0.3 is 6.09 Å². The van der Waals surface area contributed by atoms with Crippen LogP contribution in [0.2, 0.25) is 0 Å².